The van der Waals surface area contributed by atoms with E-state index in [9.17, 15) is 5.11 Å². The number of fused-ring (bicyclic) bond motifs is 2. The molecule has 264 valence electrons. The summed E-state index contributed by atoms with van der Waals surface area (Å²) < 4.78 is 15.7. The summed E-state index contributed by atoms with van der Waals surface area (Å²) in [7, 11) is -0.655. The Bertz CT molecular complexity index is 2030. The summed E-state index contributed by atoms with van der Waals surface area (Å²) in [5.41, 5.74) is 3.30. The highest BCUT2D eigenvalue weighted by Gasteiger charge is 2.66. The number of methoxy groups -OCH3 is 1. The van der Waals surface area contributed by atoms with Crippen molar-refractivity contribution in [1.82, 2.24) is 15.0 Å². The Hall–Kier alpha value is -3.55. The van der Waals surface area contributed by atoms with Crippen LogP contribution in [0, 0.1) is 9.49 Å². The number of aliphatic hydroxyl groups excluding tert-OH is 1. The third-order valence-electron chi connectivity index (χ3n) is 11.0. The predicted octanol–water partition coefficient (Wildman–Crippen LogP) is 7.52. The van der Waals surface area contributed by atoms with Crippen LogP contribution in [0.2, 0.25) is 23.7 Å². The number of aliphatic hydroxyl groups is 1. The molecule has 1 fully saturated rings. The average Bonchev–Trinajstić information content (AvgIpc) is 3.78. The zero-order valence-electron chi connectivity index (χ0n) is 29.2. The predicted molar refractivity (Wildman–Crippen MR) is 211 cm³/mol. The average molecular weight is 833 g/mol. The maximum Gasteiger partial charge on any atom is 0.264 e. The summed E-state index contributed by atoms with van der Waals surface area (Å²) in [6, 6.07) is 32.3. The zero-order chi connectivity index (χ0) is 35.9. The van der Waals surface area contributed by atoms with Crippen LogP contribution in [-0.2, 0) is 28.2 Å². The van der Waals surface area contributed by atoms with Gasteiger partial charge in [-0.1, -0.05) is 96.6 Å². The quantitative estimate of drug-likeness (QED) is 0.110. The third-order valence-corrected chi connectivity index (χ3v) is 16.2. The van der Waals surface area contributed by atoms with Crippen molar-refractivity contribution in [3.63, 3.8) is 0 Å². The molecule has 51 heavy (non-hydrogen) atoms. The van der Waals surface area contributed by atoms with Crippen LogP contribution in [-0.4, -0.2) is 53.9 Å². The zero-order valence-corrected chi connectivity index (χ0v) is 33.1. The van der Waals surface area contributed by atoms with E-state index >= 15 is 4.79 Å². The topological polar surface area (TPSA) is 89.7 Å². The minimum atomic E-state index is -2.33. The Balaban J connectivity index is 1.26. The Morgan fingerprint density at radius 2 is 1.80 bits per heavy atom. The first-order chi connectivity index (χ1) is 24.6. The van der Waals surface area contributed by atoms with Crippen LogP contribution in [0.4, 0.5) is 5.69 Å². The fourth-order valence-corrected chi connectivity index (χ4v) is 13.3. The van der Waals surface area contributed by atoms with E-state index in [4.69, 9.17) is 21.1 Å². The maximum absolute atomic E-state index is 15.1. The first-order valence-electron chi connectivity index (χ1n) is 17.3. The van der Waals surface area contributed by atoms with E-state index < -0.39 is 13.7 Å². The Labute approximate surface area is 318 Å². The van der Waals surface area contributed by atoms with Crippen molar-refractivity contribution in [2.75, 3.05) is 18.6 Å². The molecule has 0 saturated carbocycles. The molecule has 0 bridgehead atoms. The van der Waals surface area contributed by atoms with Gasteiger partial charge in [0.05, 0.1) is 51.7 Å². The number of ether oxygens (including phenoxy) is 2. The molecule has 2 aliphatic heterocycles. The standard InChI is InChI=1S/C40H42ClIN4O4Si/c1-26-38(51(3,4)32-16-14-31(49-2)15-17-32)37(19-20-45-24-35(43-44-45)33(25-47)28-10-6-5-7-11-28)50-40(26)34-22-29(41)13-18-36(34)46(39(40)48)23-27-9-8-12-30(42)21-27/h5-18,21-22,24,26,33,37-38,47H,19-20,23,25H2,1-4H3/t26-,33?,37+,38-,40+/m1/s1. The highest BCUT2D eigenvalue weighted by atomic mass is 127. The SMILES string of the molecule is COc1ccc([Si](C)(C)[C@H]2[C@H](CCn3cc(C(CO)c4ccccc4)nn3)O[C@@]3(C(=O)N(Cc4cccc(I)c4)c4ccc(Cl)cc43)[C@@H]2C)cc1. The van der Waals surface area contributed by atoms with Crippen LogP contribution < -0.4 is 14.8 Å². The molecular formula is C40H42ClIN4O4Si. The van der Waals surface area contributed by atoms with E-state index in [1.165, 1.54) is 5.19 Å². The fraction of sp³-hybridized carbons (Fsp3) is 0.325. The second-order valence-electron chi connectivity index (χ2n) is 14.2. The molecule has 1 N–H and O–H groups in total. The largest absolute Gasteiger partial charge is 0.497 e. The first-order valence-corrected chi connectivity index (χ1v) is 21.8. The van der Waals surface area contributed by atoms with Gasteiger partial charge in [-0.3, -0.25) is 9.48 Å². The van der Waals surface area contributed by atoms with E-state index in [0.29, 0.717) is 30.2 Å². The molecule has 3 heterocycles. The lowest BCUT2D eigenvalue weighted by Crippen LogP contribution is -2.51. The number of hydrogen-bond donors (Lipinski definition) is 1. The third kappa shape index (κ3) is 6.54. The molecule has 0 radical (unpaired) electrons. The number of halogens is 2. The van der Waals surface area contributed by atoms with Gasteiger partial charge in [0.15, 0.2) is 5.60 Å². The van der Waals surface area contributed by atoms with Crippen LogP contribution >= 0.6 is 34.2 Å². The second-order valence-corrected chi connectivity index (χ2v) is 20.5. The smallest absolute Gasteiger partial charge is 0.264 e. The van der Waals surface area contributed by atoms with Gasteiger partial charge in [0.1, 0.15) is 5.75 Å². The summed E-state index contributed by atoms with van der Waals surface area (Å²) in [4.78, 5) is 16.9. The highest BCUT2D eigenvalue weighted by molar-refractivity contribution is 14.1. The number of anilines is 1. The molecule has 1 amide bonds. The van der Waals surface area contributed by atoms with Crippen molar-refractivity contribution in [3.05, 3.63) is 134 Å². The van der Waals surface area contributed by atoms with Crippen molar-refractivity contribution in [2.45, 2.75) is 62.7 Å². The lowest BCUT2D eigenvalue weighted by molar-refractivity contribution is -0.146. The summed E-state index contributed by atoms with van der Waals surface area (Å²) >= 11 is 9.01. The summed E-state index contributed by atoms with van der Waals surface area (Å²) in [6.07, 6.45) is 2.29. The van der Waals surface area contributed by atoms with Gasteiger partial charge < -0.3 is 19.5 Å². The van der Waals surface area contributed by atoms with E-state index in [1.807, 2.05) is 82.5 Å². The van der Waals surface area contributed by atoms with E-state index in [-0.39, 0.29) is 36.0 Å². The van der Waals surface area contributed by atoms with Gasteiger partial charge in [-0.25, -0.2) is 0 Å². The van der Waals surface area contributed by atoms with E-state index in [2.05, 4.69) is 83.3 Å². The normalized spacial score (nSPS) is 22.1. The molecule has 1 spiro atoms. The fourth-order valence-electron chi connectivity index (χ4n) is 8.43. The van der Waals surface area contributed by atoms with Gasteiger partial charge in [0.2, 0.25) is 0 Å². The van der Waals surface area contributed by atoms with Gasteiger partial charge >= 0.3 is 0 Å². The number of aryl methyl sites for hydroxylation is 1. The summed E-state index contributed by atoms with van der Waals surface area (Å²) in [5, 5.41) is 21.1. The van der Waals surface area contributed by atoms with Gasteiger partial charge in [0.25, 0.3) is 5.91 Å². The summed E-state index contributed by atoms with van der Waals surface area (Å²) in [5.74, 6) is 0.345. The summed E-state index contributed by atoms with van der Waals surface area (Å²) in [6.45, 7) is 7.87. The van der Waals surface area contributed by atoms with Crippen molar-refractivity contribution >= 4 is 59.0 Å². The Morgan fingerprint density at radius 1 is 1.04 bits per heavy atom. The Kier molecular flexibility index (Phi) is 10.2. The number of carbonyl (C=O) groups is 1. The molecule has 0 aliphatic carbocycles. The Morgan fingerprint density at radius 3 is 2.51 bits per heavy atom. The molecule has 5 atom stereocenters. The number of nitrogens with zero attached hydrogens (tertiary/aromatic N) is 4. The molecule has 1 aromatic heterocycles. The molecule has 7 rings (SSSR count). The number of carbonyl (C=O) groups excluding carboxylic acids is 1. The lowest BCUT2D eigenvalue weighted by atomic mass is 9.82. The minimum absolute atomic E-state index is 0.0464. The first kappa shape index (κ1) is 35.8. The molecular weight excluding hydrogens is 791 g/mol. The molecule has 1 unspecified atom stereocenters. The van der Waals surface area contributed by atoms with Crippen LogP contribution in [0.3, 0.4) is 0 Å². The maximum atomic E-state index is 15.1. The number of benzene rings is 4. The van der Waals surface area contributed by atoms with Crippen molar-refractivity contribution in [1.29, 1.82) is 0 Å². The van der Waals surface area contributed by atoms with Gasteiger partial charge in [0, 0.05) is 32.8 Å². The monoisotopic (exact) mass is 832 g/mol. The van der Waals surface area contributed by atoms with Crippen LogP contribution in [0.5, 0.6) is 5.75 Å². The van der Waals surface area contributed by atoms with Gasteiger partial charge in [-0.15, -0.1) is 5.10 Å². The highest BCUT2D eigenvalue weighted by Crippen LogP contribution is 2.60. The molecule has 1 saturated heterocycles. The number of aromatic nitrogens is 3. The van der Waals surface area contributed by atoms with Crippen molar-refractivity contribution < 1.29 is 19.4 Å². The number of amides is 1. The minimum Gasteiger partial charge on any atom is -0.497 e. The molecule has 4 aromatic carbocycles. The van der Waals surface area contributed by atoms with Crippen molar-refractivity contribution in [2.24, 2.45) is 5.92 Å². The van der Waals surface area contributed by atoms with Crippen LogP contribution in [0.1, 0.15) is 41.6 Å². The van der Waals surface area contributed by atoms with Crippen LogP contribution in [0.15, 0.2) is 103 Å². The molecule has 8 nitrogen and oxygen atoms in total. The van der Waals surface area contributed by atoms with Gasteiger partial charge in [-0.2, -0.15) is 0 Å². The van der Waals surface area contributed by atoms with E-state index in [1.54, 1.807) is 7.11 Å². The van der Waals surface area contributed by atoms with Gasteiger partial charge in [-0.05, 0) is 88.1 Å². The van der Waals surface area contributed by atoms with Crippen molar-refractivity contribution in [3.8, 4) is 5.75 Å². The lowest BCUT2D eigenvalue weighted by Gasteiger charge is -2.37. The molecule has 2 aliphatic rings. The number of hydrogen-bond acceptors (Lipinski definition) is 6. The van der Waals surface area contributed by atoms with E-state index in [0.717, 1.165) is 31.7 Å². The molecule has 11 heteroatoms. The second kappa shape index (κ2) is 14.5. The molecule has 5 aromatic rings. The van der Waals surface area contributed by atoms with Crippen LogP contribution in [0.25, 0.3) is 0 Å². The number of rotatable bonds is 11.